The number of methoxy groups -OCH3 is 1. The Labute approximate surface area is 137 Å². The van der Waals surface area contributed by atoms with Crippen molar-refractivity contribution in [1.29, 1.82) is 0 Å². The van der Waals surface area contributed by atoms with Crippen LogP contribution in [-0.4, -0.2) is 41.8 Å². The van der Waals surface area contributed by atoms with Crippen molar-refractivity contribution in [2.45, 2.75) is 19.8 Å². The molecule has 0 spiro atoms. The van der Waals surface area contributed by atoms with Gasteiger partial charge in [0.2, 0.25) is 11.8 Å². The summed E-state index contributed by atoms with van der Waals surface area (Å²) in [5.74, 6) is 2.50. The van der Waals surface area contributed by atoms with Crippen LogP contribution in [0.3, 0.4) is 0 Å². The maximum Gasteiger partial charge on any atom is 0.234 e. The molecule has 1 aliphatic heterocycles. The molecule has 0 unspecified atom stereocenters. The summed E-state index contributed by atoms with van der Waals surface area (Å²) in [6.07, 6.45) is 4.18. The van der Waals surface area contributed by atoms with Crippen molar-refractivity contribution in [1.82, 2.24) is 15.3 Å². The quantitative estimate of drug-likeness (QED) is 0.637. The number of ether oxygens (including phenoxy) is 1. The standard InChI is InChI=1S/C15H23N5OS/c1-4-7-16-15(22)19-14-17-12(9-13(18-14)21-3)20-8-5-6-11(2)10-20/h4,9,11H,1,5-8,10H2,2-3H3,(H2,16,17,18,19,22)/t11-/m1/s1. The highest BCUT2D eigenvalue weighted by Gasteiger charge is 2.19. The van der Waals surface area contributed by atoms with Crippen LogP contribution in [-0.2, 0) is 0 Å². The zero-order valence-corrected chi connectivity index (χ0v) is 13.9. The Morgan fingerprint density at radius 2 is 2.41 bits per heavy atom. The summed E-state index contributed by atoms with van der Waals surface area (Å²) in [5.41, 5.74) is 0. The number of hydrogen-bond donors (Lipinski definition) is 2. The van der Waals surface area contributed by atoms with Crippen molar-refractivity contribution in [3.63, 3.8) is 0 Å². The van der Waals surface area contributed by atoms with Crippen molar-refractivity contribution >= 4 is 29.1 Å². The number of aromatic nitrogens is 2. The molecule has 1 saturated heterocycles. The Balaban J connectivity index is 2.14. The largest absolute Gasteiger partial charge is 0.481 e. The molecule has 1 aromatic heterocycles. The smallest absolute Gasteiger partial charge is 0.234 e. The fraction of sp³-hybridized carbons (Fsp3) is 0.533. The summed E-state index contributed by atoms with van der Waals surface area (Å²) in [5, 5.41) is 6.44. The molecule has 2 heterocycles. The predicted molar refractivity (Wildman–Crippen MR) is 93.6 cm³/mol. The lowest BCUT2D eigenvalue weighted by atomic mass is 10.0. The second-order valence-corrected chi connectivity index (χ2v) is 5.82. The molecule has 1 aromatic rings. The van der Waals surface area contributed by atoms with Crippen LogP contribution in [0.2, 0.25) is 0 Å². The zero-order chi connectivity index (χ0) is 15.9. The average Bonchev–Trinajstić information content (AvgIpc) is 2.52. The van der Waals surface area contributed by atoms with Crippen LogP contribution in [0.15, 0.2) is 18.7 Å². The first-order valence-corrected chi connectivity index (χ1v) is 7.87. The van der Waals surface area contributed by atoms with Crippen LogP contribution < -0.4 is 20.3 Å². The third-order valence-corrected chi connectivity index (χ3v) is 3.76. The fourth-order valence-corrected chi connectivity index (χ4v) is 2.62. The Morgan fingerprint density at radius 1 is 1.59 bits per heavy atom. The fourth-order valence-electron chi connectivity index (χ4n) is 2.44. The van der Waals surface area contributed by atoms with Gasteiger partial charge in [-0.05, 0) is 31.0 Å². The molecule has 0 bridgehead atoms. The molecule has 0 amide bonds. The van der Waals surface area contributed by atoms with Gasteiger partial charge in [-0.2, -0.15) is 9.97 Å². The van der Waals surface area contributed by atoms with Crippen LogP contribution in [0.4, 0.5) is 11.8 Å². The monoisotopic (exact) mass is 321 g/mol. The SMILES string of the molecule is C=CCNC(=S)Nc1nc(OC)cc(N2CCC[C@@H](C)C2)n1. The molecule has 0 aliphatic carbocycles. The highest BCUT2D eigenvalue weighted by Crippen LogP contribution is 2.24. The maximum absolute atomic E-state index is 5.28. The van der Waals surface area contributed by atoms with E-state index in [4.69, 9.17) is 17.0 Å². The van der Waals surface area contributed by atoms with Gasteiger partial charge in [0.05, 0.1) is 7.11 Å². The van der Waals surface area contributed by atoms with E-state index in [-0.39, 0.29) is 0 Å². The first-order chi connectivity index (χ1) is 10.6. The molecule has 0 aromatic carbocycles. The van der Waals surface area contributed by atoms with E-state index in [1.807, 2.05) is 6.07 Å². The van der Waals surface area contributed by atoms with Crippen molar-refractivity contribution in [3.05, 3.63) is 18.7 Å². The van der Waals surface area contributed by atoms with E-state index in [2.05, 4.69) is 39.0 Å². The lowest BCUT2D eigenvalue weighted by Crippen LogP contribution is -2.35. The predicted octanol–water partition coefficient (Wildman–Crippen LogP) is 2.19. The molecule has 7 heteroatoms. The molecular formula is C15H23N5OS. The van der Waals surface area contributed by atoms with Gasteiger partial charge < -0.3 is 20.3 Å². The van der Waals surface area contributed by atoms with Crippen LogP contribution in [0, 0.1) is 5.92 Å². The number of rotatable bonds is 5. The first kappa shape index (κ1) is 16.5. The Bertz CT molecular complexity index is 537. The summed E-state index contributed by atoms with van der Waals surface area (Å²) in [6.45, 7) is 8.50. The average molecular weight is 321 g/mol. The van der Waals surface area contributed by atoms with Crippen LogP contribution >= 0.6 is 12.2 Å². The summed E-state index contributed by atoms with van der Waals surface area (Å²) < 4.78 is 5.28. The molecule has 2 rings (SSSR count). The van der Waals surface area contributed by atoms with E-state index in [0.717, 1.165) is 18.9 Å². The van der Waals surface area contributed by atoms with Gasteiger partial charge in [-0.25, -0.2) is 0 Å². The van der Waals surface area contributed by atoms with Gasteiger partial charge in [0, 0.05) is 25.7 Å². The minimum atomic E-state index is 0.439. The number of thiocarbonyl (C=S) groups is 1. The van der Waals surface area contributed by atoms with Gasteiger partial charge in [0.25, 0.3) is 0 Å². The number of piperidine rings is 1. The van der Waals surface area contributed by atoms with Gasteiger partial charge in [-0.3, -0.25) is 0 Å². The summed E-state index contributed by atoms with van der Waals surface area (Å²) >= 11 is 5.20. The zero-order valence-electron chi connectivity index (χ0n) is 13.1. The van der Waals surface area contributed by atoms with Crippen molar-refractivity contribution in [2.75, 3.05) is 37.0 Å². The summed E-state index contributed by atoms with van der Waals surface area (Å²) in [4.78, 5) is 11.1. The maximum atomic E-state index is 5.28. The Kier molecular flexibility index (Phi) is 5.94. The lowest BCUT2D eigenvalue weighted by Gasteiger charge is -2.32. The van der Waals surface area contributed by atoms with E-state index in [1.165, 1.54) is 12.8 Å². The molecular weight excluding hydrogens is 298 g/mol. The molecule has 120 valence electrons. The lowest BCUT2D eigenvalue weighted by molar-refractivity contribution is 0.396. The van der Waals surface area contributed by atoms with Crippen LogP contribution in [0.1, 0.15) is 19.8 Å². The van der Waals surface area contributed by atoms with Crippen molar-refractivity contribution in [2.24, 2.45) is 5.92 Å². The number of anilines is 2. The van der Waals surface area contributed by atoms with E-state index in [1.54, 1.807) is 13.2 Å². The van der Waals surface area contributed by atoms with E-state index >= 15 is 0 Å². The highest BCUT2D eigenvalue weighted by molar-refractivity contribution is 7.80. The molecule has 6 nitrogen and oxygen atoms in total. The molecule has 1 atom stereocenters. The molecule has 1 aliphatic rings. The minimum Gasteiger partial charge on any atom is -0.481 e. The van der Waals surface area contributed by atoms with Crippen LogP contribution in [0.25, 0.3) is 0 Å². The van der Waals surface area contributed by atoms with E-state index in [0.29, 0.717) is 29.4 Å². The Morgan fingerprint density at radius 3 is 3.09 bits per heavy atom. The highest BCUT2D eigenvalue weighted by atomic mass is 32.1. The number of hydrogen-bond acceptors (Lipinski definition) is 5. The second kappa shape index (κ2) is 7.93. The normalized spacial score (nSPS) is 17.7. The van der Waals surface area contributed by atoms with Gasteiger partial charge >= 0.3 is 0 Å². The molecule has 1 fully saturated rings. The van der Waals surface area contributed by atoms with Gasteiger partial charge in [-0.1, -0.05) is 13.0 Å². The summed E-state index contributed by atoms with van der Waals surface area (Å²) in [7, 11) is 1.60. The second-order valence-electron chi connectivity index (χ2n) is 5.41. The molecule has 0 radical (unpaired) electrons. The van der Waals surface area contributed by atoms with E-state index in [9.17, 15) is 0 Å². The van der Waals surface area contributed by atoms with Crippen molar-refractivity contribution in [3.8, 4) is 5.88 Å². The Hall–Kier alpha value is -1.89. The minimum absolute atomic E-state index is 0.439. The number of nitrogens with zero attached hydrogens (tertiary/aromatic N) is 3. The number of nitrogens with one attached hydrogen (secondary N) is 2. The third-order valence-electron chi connectivity index (χ3n) is 3.51. The van der Waals surface area contributed by atoms with Gasteiger partial charge in [0.15, 0.2) is 5.11 Å². The van der Waals surface area contributed by atoms with E-state index < -0.39 is 0 Å². The van der Waals surface area contributed by atoms with Crippen molar-refractivity contribution < 1.29 is 4.74 Å². The molecule has 0 saturated carbocycles. The van der Waals surface area contributed by atoms with Crippen LogP contribution in [0.5, 0.6) is 5.88 Å². The van der Waals surface area contributed by atoms with Gasteiger partial charge in [-0.15, -0.1) is 6.58 Å². The third kappa shape index (κ3) is 4.56. The topological polar surface area (TPSA) is 62.3 Å². The molecule has 2 N–H and O–H groups in total. The van der Waals surface area contributed by atoms with Gasteiger partial charge in [0.1, 0.15) is 5.82 Å². The summed E-state index contributed by atoms with van der Waals surface area (Å²) in [6, 6.07) is 1.86. The molecule has 22 heavy (non-hydrogen) atoms. The first-order valence-electron chi connectivity index (χ1n) is 7.46.